The first-order chi connectivity index (χ1) is 13.2. The molecule has 0 radical (unpaired) electrons. The molecule has 1 heterocycles. The fourth-order valence-electron chi connectivity index (χ4n) is 4.24. The molecule has 0 saturated heterocycles. The molecule has 1 N–H and O–H groups in total. The predicted octanol–water partition coefficient (Wildman–Crippen LogP) is 5.48. The van der Waals surface area contributed by atoms with Crippen molar-refractivity contribution in [1.29, 1.82) is 0 Å². The van der Waals surface area contributed by atoms with Crippen LogP contribution in [0.3, 0.4) is 0 Å². The number of carbonyl (C=O) groups is 1. The Hall–Kier alpha value is -1.89. The third-order valence-corrected chi connectivity index (χ3v) is 6.22. The second-order valence-electron chi connectivity index (χ2n) is 8.14. The summed E-state index contributed by atoms with van der Waals surface area (Å²) in [6.45, 7) is 12.2. The van der Waals surface area contributed by atoms with Gasteiger partial charge >= 0.3 is 0 Å². The Bertz CT molecular complexity index is 920. The van der Waals surface area contributed by atoms with E-state index in [1.807, 2.05) is 18.2 Å². The van der Waals surface area contributed by atoms with Crippen molar-refractivity contribution in [2.75, 3.05) is 11.4 Å². The molecule has 1 atom stereocenters. The van der Waals surface area contributed by atoms with Gasteiger partial charge in [0.05, 0.1) is 6.21 Å². The molecule has 2 aromatic carbocycles. The first kappa shape index (κ1) is 20.8. The van der Waals surface area contributed by atoms with E-state index in [2.05, 4.69) is 84.8 Å². The number of hydrogen-bond donors (Lipinski definition) is 1. The van der Waals surface area contributed by atoms with Gasteiger partial charge in [0, 0.05) is 26.9 Å². The highest BCUT2D eigenvalue weighted by Gasteiger charge is 2.35. The van der Waals surface area contributed by atoms with Crippen molar-refractivity contribution in [1.82, 2.24) is 5.43 Å². The van der Waals surface area contributed by atoms with Crippen LogP contribution in [0.25, 0.3) is 0 Å². The zero-order valence-electron chi connectivity index (χ0n) is 17.2. The fraction of sp³-hybridized carbons (Fsp3) is 0.391. The Morgan fingerprint density at radius 1 is 1.36 bits per heavy atom. The number of rotatable bonds is 4. The first-order valence-electron chi connectivity index (χ1n) is 9.74. The van der Waals surface area contributed by atoms with Crippen LogP contribution in [0.2, 0.25) is 0 Å². The number of hydrogen-bond acceptors (Lipinski definition) is 3. The highest BCUT2D eigenvalue weighted by molar-refractivity contribution is 14.1. The van der Waals surface area contributed by atoms with E-state index in [-0.39, 0.29) is 11.4 Å². The van der Waals surface area contributed by atoms with E-state index < -0.39 is 0 Å². The standard InChI is InChI=1S/C23H28IN3O/c1-6-27-21-10-15(2)18(12-20(21)16(3)13-23(27,4)5)14-25-26-22(28)17-8-7-9-19(24)11-17/h7-12,14,16H,6,13H2,1-5H3,(H,26,28)/b25-14-/t16-/m1/s1. The number of nitrogens with zero attached hydrogens (tertiary/aromatic N) is 2. The van der Waals surface area contributed by atoms with Crippen LogP contribution in [0.4, 0.5) is 5.69 Å². The molecule has 148 valence electrons. The average Bonchev–Trinajstić information content (AvgIpc) is 2.62. The molecule has 0 unspecified atom stereocenters. The van der Waals surface area contributed by atoms with Gasteiger partial charge < -0.3 is 4.90 Å². The first-order valence-corrected chi connectivity index (χ1v) is 10.8. The average molecular weight is 489 g/mol. The maximum absolute atomic E-state index is 12.3. The summed E-state index contributed by atoms with van der Waals surface area (Å²) in [5, 5.41) is 4.21. The molecule has 1 aliphatic rings. The van der Waals surface area contributed by atoms with Gasteiger partial charge in [0.2, 0.25) is 0 Å². The van der Waals surface area contributed by atoms with Gasteiger partial charge in [-0.2, -0.15) is 5.10 Å². The van der Waals surface area contributed by atoms with Crippen LogP contribution >= 0.6 is 22.6 Å². The Morgan fingerprint density at radius 2 is 2.11 bits per heavy atom. The highest BCUT2D eigenvalue weighted by atomic mass is 127. The number of hydrazone groups is 1. The van der Waals surface area contributed by atoms with E-state index in [4.69, 9.17) is 0 Å². The van der Waals surface area contributed by atoms with Gasteiger partial charge in [0.25, 0.3) is 5.91 Å². The number of fused-ring (bicyclic) bond motifs is 1. The van der Waals surface area contributed by atoms with Gasteiger partial charge in [-0.25, -0.2) is 5.43 Å². The summed E-state index contributed by atoms with van der Waals surface area (Å²) in [7, 11) is 0. The number of carbonyl (C=O) groups excluding carboxylic acids is 1. The largest absolute Gasteiger partial charge is 0.366 e. The molecular weight excluding hydrogens is 461 g/mol. The molecule has 0 spiro atoms. The Kier molecular flexibility index (Phi) is 6.12. The summed E-state index contributed by atoms with van der Waals surface area (Å²) in [5.74, 6) is 0.291. The van der Waals surface area contributed by atoms with Gasteiger partial charge in [0.1, 0.15) is 0 Å². The van der Waals surface area contributed by atoms with E-state index in [9.17, 15) is 4.79 Å². The predicted molar refractivity (Wildman–Crippen MR) is 126 cm³/mol. The van der Waals surface area contributed by atoms with E-state index >= 15 is 0 Å². The molecule has 28 heavy (non-hydrogen) atoms. The number of halogens is 1. The van der Waals surface area contributed by atoms with E-state index in [1.54, 1.807) is 12.3 Å². The minimum atomic E-state index is -0.197. The van der Waals surface area contributed by atoms with Crippen LogP contribution in [0.15, 0.2) is 41.5 Å². The van der Waals surface area contributed by atoms with Crippen molar-refractivity contribution < 1.29 is 4.79 Å². The van der Waals surface area contributed by atoms with Gasteiger partial charge in [-0.3, -0.25) is 4.79 Å². The summed E-state index contributed by atoms with van der Waals surface area (Å²) < 4.78 is 1.03. The summed E-state index contributed by atoms with van der Waals surface area (Å²) in [5.41, 5.74) is 8.30. The van der Waals surface area contributed by atoms with Crippen LogP contribution in [0, 0.1) is 10.5 Å². The number of anilines is 1. The van der Waals surface area contributed by atoms with Crippen molar-refractivity contribution in [3.05, 3.63) is 62.2 Å². The summed E-state index contributed by atoms with van der Waals surface area (Å²) in [6.07, 6.45) is 2.88. The third kappa shape index (κ3) is 4.24. The summed E-state index contributed by atoms with van der Waals surface area (Å²) >= 11 is 2.20. The normalized spacial score (nSPS) is 18.2. The van der Waals surface area contributed by atoms with Gasteiger partial charge in [-0.1, -0.05) is 13.0 Å². The smallest absolute Gasteiger partial charge is 0.271 e. The fourth-order valence-corrected chi connectivity index (χ4v) is 4.79. The van der Waals surface area contributed by atoms with Crippen molar-refractivity contribution in [3.8, 4) is 0 Å². The number of benzene rings is 2. The maximum Gasteiger partial charge on any atom is 0.271 e. The topological polar surface area (TPSA) is 44.7 Å². The highest BCUT2D eigenvalue weighted by Crippen LogP contribution is 2.43. The van der Waals surface area contributed by atoms with Gasteiger partial charge in [-0.15, -0.1) is 0 Å². The molecule has 0 aliphatic carbocycles. The minimum absolute atomic E-state index is 0.157. The molecule has 1 aliphatic heterocycles. The number of aryl methyl sites for hydroxylation is 1. The third-order valence-electron chi connectivity index (χ3n) is 5.55. The van der Waals surface area contributed by atoms with E-state index in [1.165, 1.54) is 11.3 Å². The van der Waals surface area contributed by atoms with Crippen LogP contribution in [-0.4, -0.2) is 24.2 Å². The molecule has 2 aromatic rings. The van der Waals surface area contributed by atoms with Gasteiger partial charge in [0.15, 0.2) is 0 Å². The van der Waals surface area contributed by atoms with E-state index in [0.29, 0.717) is 11.5 Å². The molecular formula is C23H28IN3O. The SMILES string of the molecule is CCN1c2cc(C)c(/C=N\NC(=O)c3cccc(I)c3)cc2[C@H](C)CC1(C)C. The quantitative estimate of drug-likeness (QED) is 0.352. The molecule has 4 nitrogen and oxygen atoms in total. The van der Waals surface area contributed by atoms with E-state index in [0.717, 1.165) is 27.7 Å². The second-order valence-corrected chi connectivity index (χ2v) is 9.38. The van der Waals surface area contributed by atoms with Crippen LogP contribution in [0.5, 0.6) is 0 Å². The maximum atomic E-state index is 12.3. The van der Waals surface area contributed by atoms with Crippen molar-refractivity contribution in [2.24, 2.45) is 5.10 Å². The lowest BCUT2D eigenvalue weighted by molar-refractivity contribution is 0.0955. The zero-order chi connectivity index (χ0) is 20.5. The molecule has 3 rings (SSSR count). The Labute approximate surface area is 181 Å². The number of nitrogens with one attached hydrogen (secondary N) is 1. The van der Waals surface area contributed by atoms with Gasteiger partial charge in [-0.05, 0) is 110 Å². The summed E-state index contributed by atoms with van der Waals surface area (Å²) in [4.78, 5) is 14.8. The molecule has 5 heteroatoms. The molecule has 0 fully saturated rings. The van der Waals surface area contributed by atoms with Crippen molar-refractivity contribution >= 4 is 40.4 Å². The van der Waals surface area contributed by atoms with Crippen LogP contribution in [0.1, 0.15) is 67.1 Å². The van der Waals surface area contributed by atoms with Crippen LogP contribution < -0.4 is 10.3 Å². The molecule has 0 saturated carbocycles. The summed E-state index contributed by atoms with van der Waals surface area (Å²) in [6, 6.07) is 12.0. The molecule has 0 aromatic heterocycles. The number of amides is 1. The monoisotopic (exact) mass is 489 g/mol. The van der Waals surface area contributed by atoms with Crippen molar-refractivity contribution in [3.63, 3.8) is 0 Å². The van der Waals surface area contributed by atoms with Crippen molar-refractivity contribution in [2.45, 2.75) is 52.5 Å². The second kappa shape index (κ2) is 8.23. The minimum Gasteiger partial charge on any atom is -0.366 e. The lowest BCUT2D eigenvalue weighted by Crippen LogP contribution is -2.48. The Balaban J connectivity index is 1.83. The zero-order valence-corrected chi connectivity index (χ0v) is 19.4. The van der Waals surface area contributed by atoms with Crippen LogP contribution in [-0.2, 0) is 0 Å². The molecule has 0 bridgehead atoms. The Morgan fingerprint density at radius 3 is 2.79 bits per heavy atom. The molecule has 1 amide bonds. The lowest BCUT2D eigenvalue weighted by Gasteiger charge is -2.47. The lowest BCUT2D eigenvalue weighted by atomic mass is 9.79.